The number of fused-ring (bicyclic) bond motifs is 1. The van der Waals surface area contributed by atoms with Crippen molar-refractivity contribution >= 4 is 0 Å². The van der Waals surface area contributed by atoms with Gasteiger partial charge in [0.15, 0.2) is 0 Å². The Bertz CT molecular complexity index is 399. The Morgan fingerprint density at radius 1 is 1.21 bits per heavy atom. The normalized spacial score (nSPS) is 15.8. The fourth-order valence-corrected chi connectivity index (χ4v) is 3.01. The maximum atomic E-state index is 5.75. The second kappa shape index (κ2) is 7.04. The summed E-state index contributed by atoms with van der Waals surface area (Å²) in [6.45, 7) is 7.74. The number of benzene rings is 1. The summed E-state index contributed by atoms with van der Waals surface area (Å²) < 4.78 is 0. The van der Waals surface area contributed by atoms with Crippen LogP contribution >= 0.6 is 0 Å². The van der Waals surface area contributed by atoms with E-state index in [2.05, 4.69) is 42.4 Å². The molecule has 1 aromatic carbocycles. The molecule has 1 aliphatic carbocycles. The summed E-state index contributed by atoms with van der Waals surface area (Å²) in [5.74, 6) is 5.75. The molecule has 3 N–H and O–H groups in total. The maximum absolute atomic E-state index is 5.75. The van der Waals surface area contributed by atoms with E-state index in [4.69, 9.17) is 5.84 Å². The third-order valence-corrected chi connectivity index (χ3v) is 4.35. The van der Waals surface area contributed by atoms with Gasteiger partial charge >= 0.3 is 0 Å². The van der Waals surface area contributed by atoms with Crippen molar-refractivity contribution in [3.8, 4) is 0 Å². The minimum atomic E-state index is 0.270. The molecule has 1 aromatic rings. The van der Waals surface area contributed by atoms with Crippen LogP contribution in [0.5, 0.6) is 0 Å². The van der Waals surface area contributed by atoms with E-state index in [9.17, 15) is 0 Å². The summed E-state index contributed by atoms with van der Waals surface area (Å²) in [5, 5.41) is 0. The minimum Gasteiger partial charge on any atom is -0.304 e. The Morgan fingerprint density at radius 2 is 1.95 bits per heavy atom. The summed E-state index contributed by atoms with van der Waals surface area (Å²) in [4.78, 5) is 2.44. The highest BCUT2D eigenvalue weighted by Crippen LogP contribution is 2.26. The number of hydrazine groups is 1. The smallest absolute Gasteiger partial charge is 0.0472 e. The van der Waals surface area contributed by atoms with Crippen LogP contribution in [0.4, 0.5) is 0 Å². The van der Waals surface area contributed by atoms with E-state index in [-0.39, 0.29) is 6.04 Å². The molecule has 2 rings (SSSR count). The zero-order valence-corrected chi connectivity index (χ0v) is 12.3. The van der Waals surface area contributed by atoms with Crippen molar-refractivity contribution in [2.45, 2.75) is 45.6 Å². The third-order valence-electron chi connectivity index (χ3n) is 4.35. The highest BCUT2D eigenvalue weighted by Gasteiger charge is 2.15. The van der Waals surface area contributed by atoms with Crippen molar-refractivity contribution in [2.75, 3.05) is 19.6 Å². The fraction of sp³-hybridized carbons (Fsp3) is 0.625. The lowest BCUT2D eigenvalue weighted by Gasteiger charge is -2.23. The van der Waals surface area contributed by atoms with Gasteiger partial charge in [0.25, 0.3) is 0 Å². The van der Waals surface area contributed by atoms with E-state index >= 15 is 0 Å². The van der Waals surface area contributed by atoms with Crippen molar-refractivity contribution in [1.82, 2.24) is 10.3 Å². The standard InChI is InChI=1S/C16H27N3/c1-3-19(4-2)11-10-16(18-17)15-9-8-13-6-5-7-14(13)12-15/h8-9,12,16,18H,3-7,10-11,17H2,1-2H3. The number of aryl methyl sites for hydroxylation is 2. The first-order valence-corrected chi connectivity index (χ1v) is 7.58. The molecule has 0 aliphatic heterocycles. The first-order valence-electron chi connectivity index (χ1n) is 7.58. The average molecular weight is 261 g/mol. The molecular formula is C16H27N3. The van der Waals surface area contributed by atoms with Crippen molar-refractivity contribution in [3.05, 3.63) is 34.9 Å². The van der Waals surface area contributed by atoms with Crippen LogP contribution in [0, 0.1) is 0 Å². The molecule has 3 heteroatoms. The molecule has 106 valence electrons. The van der Waals surface area contributed by atoms with Crippen LogP contribution in [0.3, 0.4) is 0 Å². The molecule has 0 saturated carbocycles. The lowest BCUT2D eigenvalue weighted by Crippen LogP contribution is -2.32. The van der Waals surface area contributed by atoms with Gasteiger partial charge in [-0.25, -0.2) is 0 Å². The highest BCUT2D eigenvalue weighted by molar-refractivity contribution is 5.36. The topological polar surface area (TPSA) is 41.3 Å². The first kappa shape index (κ1) is 14.5. The third kappa shape index (κ3) is 3.56. The van der Waals surface area contributed by atoms with Gasteiger partial charge in [0.2, 0.25) is 0 Å². The highest BCUT2D eigenvalue weighted by atomic mass is 15.2. The summed E-state index contributed by atoms with van der Waals surface area (Å²) in [5.41, 5.74) is 7.39. The molecule has 1 aliphatic rings. The quantitative estimate of drug-likeness (QED) is 0.585. The molecule has 19 heavy (non-hydrogen) atoms. The average Bonchev–Trinajstić information content (AvgIpc) is 2.91. The van der Waals surface area contributed by atoms with E-state index < -0.39 is 0 Å². The Kier molecular flexibility index (Phi) is 5.37. The molecule has 1 unspecified atom stereocenters. The van der Waals surface area contributed by atoms with Crippen LogP contribution < -0.4 is 11.3 Å². The molecule has 0 fully saturated rings. The lowest BCUT2D eigenvalue weighted by atomic mass is 9.99. The minimum absolute atomic E-state index is 0.270. The van der Waals surface area contributed by atoms with E-state index in [1.807, 2.05) is 0 Å². The van der Waals surface area contributed by atoms with Crippen LogP contribution in [0.1, 0.15) is 49.4 Å². The van der Waals surface area contributed by atoms with Gasteiger partial charge in [-0.3, -0.25) is 11.3 Å². The molecule has 0 saturated heterocycles. The first-order chi connectivity index (χ1) is 9.28. The van der Waals surface area contributed by atoms with Gasteiger partial charge in [0.1, 0.15) is 0 Å². The summed E-state index contributed by atoms with van der Waals surface area (Å²) in [6, 6.07) is 7.16. The largest absolute Gasteiger partial charge is 0.304 e. The van der Waals surface area contributed by atoms with Gasteiger partial charge in [-0.2, -0.15) is 0 Å². The molecule has 1 atom stereocenters. The SMILES string of the molecule is CCN(CC)CCC(NN)c1ccc2c(c1)CCC2. The Hall–Kier alpha value is -0.900. The lowest BCUT2D eigenvalue weighted by molar-refractivity contribution is 0.282. The Labute approximate surface area is 117 Å². The van der Waals surface area contributed by atoms with Gasteiger partial charge in [-0.1, -0.05) is 32.0 Å². The predicted molar refractivity (Wildman–Crippen MR) is 80.9 cm³/mol. The van der Waals surface area contributed by atoms with Gasteiger partial charge in [-0.15, -0.1) is 0 Å². The van der Waals surface area contributed by atoms with Crippen LogP contribution in [0.15, 0.2) is 18.2 Å². The molecule has 0 radical (unpaired) electrons. The number of nitrogens with zero attached hydrogens (tertiary/aromatic N) is 1. The number of hydrogen-bond donors (Lipinski definition) is 2. The second-order valence-electron chi connectivity index (χ2n) is 5.42. The number of nitrogens with two attached hydrogens (primary N) is 1. The fourth-order valence-electron chi connectivity index (χ4n) is 3.01. The van der Waals surface area contributed by atoms with Crippen molar-refractivity contribution < 1.29 is 0 Å². The van der Waals surface area contributed by atoms with E-state index in [0.29, 0.717) is 0 Å². The summed E-state index contributed by atoms with van der Waals surface area (Å²) >= 11 is 0. The van der Waals surface area contributed by atoms with Crippen molar-refractivity contribution in [1.29, 1.82) is 0 Å². The van der Waals surface area contributed by atoms with E-state index in [0.717, 1.165) is 26.1 Å². The van der Waals surface area contributed by atoms with E-state index in [1.54, 1.807) is 0 Å². The zero-order chi connectivity index (χ0) is 13.7. The van der Waals surface area contributed by atoms with Crippen LogP contribution in [-0.2, 0) is 12.8 Å². The van der Waals surface area contributed by atoms with E-state index in [1.165, 1.54) is 36.0 Å². The van der Waals surface area contributed by atoms with Gasteiger partial charge in [-0.05, 0) is 62.0 Å². The molecule has 0 amide bonds. The van der Waals surface area contributed by atoms with Crippen LogP contribution in [0.2, 0.25) is 0 Å². The number of rotatable bonds is 7. The van der Waals surface area contributed by atoms with Gasteiger partial charge in [0.05, 0.1) is 0 Å². The predicted octanol–water partition coefficient (Wildman–Crippen LogP) is 2.41. The number of hydrogen-bond acceptors (Lipinski definition) is 3. The summed E-state index contributed by atoms with van der Waals surface area (Å²) in [7, 11) is 0. The molecule has 3 nitrogen and oxygen atoms in total. The van der Waals surface area contributed by atoms with Crippen LogP contribution in [0.25, 0.3) is 0 Å². The molecule has 0 heterocycles. The van der Waals surface area contributed by atoms with Gasteiger partial charge < -0.3 is 4.90 Å². The Balaban J connectivity index is 2.01. The Morgan fingerprint density at radius 3 is 2.63 bits per heavy atom. The van der Waals surface area contributed by atoms with Crippen LogP contribution in [-0.4, -0.2) is 24.5 Å². The maximum Gasteiger partial charge on any atom is 0.0472 e. The molecule has 0 spiro atoms. The summed E-state index contributed by atoms with van der Waals surface area (Å²) in [6.07, 6.45) is 4.85. The van der Waals surface area contributed by atoms with Gasteiger partial charge in [0, 0.05) is 6.04 Å². The van der Waals surface area contributed by atoms with Crippen molar-refractivity contribution in [2.24, 2.45) is 5.84 Å². The zero-order valence-electron chi connectivity index (χ0n) is 12.3. The number of nitrogens with one attached hydrogen (secondary N) is 1. The molecular weight excluding hydrogens is 234 g/mol. The second-order valence-corrected chi connectivity index (χ2v) is 5.42. The molecule has 0 aromatic heterocycles. The molecule has 0 bridgehead atoms. The monoisotopic (exact) mass is 261 g/mol. The van der Waals surface area contributed by atoms with Crippen molar-refractivity contribution in [3.63, 3.8) is 0 Å².